The quantitative estimate of drug-likeness (QED) is 0.452. The Morgan fingerprint density at radius 1 is 1.07 bits per heavy atom. The molecule has 5 N–H and O–H groups in total. The molecule has 0 bridgehead atoms. The molecule has 9 heteroatoms. The molecule has 1 fully saturated rings. The van der Waals surface area contributed by atoms with Crippen LogP contribution in [0.4, 0.5) is 0 Å². The van der Waals surface area contributed by atoms with Gasteiger partial charge in [-0.3, -0.25) is 9.59 Å². The van der Waals surface area contributed by atoms with Gasteiger partial charge in [-0.2, -0.15) is 0 Å². The Morgan fingerprint density at radius 2 is 1.80 bits per heavy atom. The number of allylic oxidation sites excluding steroid dienone is 4. The summed E-state index contributed by atoms with van der Waals surface area (Å²) in [7, 11) is 0. The maximum atomic E-state index is 13.2. The lowest BCUT2D eigenvalue weighted by Crippen LogP contribution is -2.60. The van der Waals surface area contributed by atoms with E-state index in [1.165, 1.54) is 24.3 Å². The molecule has 1 aromatic carbocycles. The van der Waals surface area contributed by atoms with Crippen molar-refractivity contribution in [2.24, 2.45) is 11.8 Å². The number of hydrogen-bond donors (Lipinski definition) is 5. The van der Waals surface area contributed by atoms with E-state index in [4.69, 9.17) is 9.47 Å². The molecule has 1 saturated heterocycles. The van der Waals surface area contributed by atoms with Gasteiger partial charge in [-0.1, -0.05) is 23.8 Å². The Bertz CT molecular complexity index is 948. The average molecular weight is 418 g/mol. The summed E-state index contributed by atoms with van der Waals surface area (Å²) in [5, 5.41) is 49.7. The number of Topliss-reactive ketones (excluding diaryl/α,β-unsaturated/α-hetero) is 2. The van der Waals surface area contributed by atoms with E-state index in [1.54, 1.807) is 13.0 Å². The lowest BCUT2D eigenvalue weighted by molar-refractivity contribution is -0.277. The Balaban J connectivity index is 1.71. The Kier molecular flexibility index (Phi) is 5.25. The van der Waals surface area contributed by atoms with Gasteiger partial charge in [0, 0.05) is 5.56 Å². The number of aliphatic hydroxyl groups excluding tert-OH is 5. The van der Waals surface area contributed by atoms with Crippen LogP contribution in [0.1, 0.15) is 27.6 Å². The van der Waals surface area contributed by atoms with E-state index in [2.05, 4.69) is 0 Å². The maximum absolute atomic E-state index is 13.2. The van der Waals surface area contributed by atoms with Crippen molar-refractivity contribution in [3.63, 3.8) is 0 Å². The summed E-state index contributed by atoms with van der Waals surface area (Å²) in [5.41, 5.74) is 0.725. The van der Waals surface area contributed by atoms with Crippen LogP contribution in [-0.4, -0.2) is 74.4 Å². The number of ketones is 2. The van der Waals surface area contributed by atoms with E-state index >= 15 is 0 Å². The molecule has 30 heavy (non-hydrogen) atoms. The number of aliphatic hydroxyl groups is 5. The number of carbonyl (C=O) groups is 2. The zero-order chi connectivity index (χ0) is 21.7. The predicted molar refractivity (Wildman–Crippen MR) is 101 cm³/mol. The summed E-state index contributed by atoms with van der Waals surface area (Å²) in [5.74, 6) is -3.06. The highest BCUT2D eigenvalue weighted by atomic mass is 16.7. The molecule has 1 heterocycles. The minimum atomic E-state index is -1.67. The van der Waals surface area contributed by atoms with Gasteiger partial charge < -0.3 is 35.0 Å². The van der Waals surface area contributed by atoms with E-state index in [0.29, 0.717) is 5.57 Å². The van der Waals surface area contributed by atoms with Crippen LogP contribution in [0.15, 0.2) is 41.7 Å². The second kappa shape index (κ2) is 7.60. The van der Waals surface area contributed by atoms with Crippen LogP contribution in [0, 0.1) is 11.8 Å². The predicted octanol–water partition coefficient (Wildman–Crippen LogP) is -0.121. The van der Waals surface area contributed by atoms with Crippen LogP contribution < -0.4 is 4.74 Å². The molecule has 2 aliphatic carbocycles. The Labute approximate surface area is 171 Å². The van der Waals surface area contributed by atoms with Crippen LogP contribution in [0.2, 0.25) is 0 Å². The monoisotopic (exact) mass is 418 g/mol. The van der Waals surface area contributed by atoms with Crippen molar-refractivity contribution in [3.05, 3.63) is 52.8 Å². The summed E-state index contributed by atoms with van der Waals surface area (Å²) in [6, 6.07) is 4.37. The number of benzene rings is 1. The smallest absolute Gasteiger partial charge is 0.229 e. The zero-order valence-corrected chi connectivity index (χ0v) is 16.0. The first-order chi connectivity index (χ1) is 14.2. The fraction of sp³-hybridized carbons (Fsp3) is 0.429. The zero-order valence-electron chi connectivity index (χ0n) is 16.0. The second-order valence-corrected chi connectivity index (χ2v) is 7.71. The van der Waals surface area contributed by atoms with Crippen LogP contribution in [-0.2, 0) is 4.74 Å². The molecule has 9 nitrogen and oxygen atoms in total. The van der Waals surface area contributed by atoms with Gasteiger partial charge in [-0.05, 0) is 19.1 Å². The van der Waals surface area contributed by atoms with Gasteiger partial charge in [-0.25, -0.2) is 0 Å². The summed E-state index contributed by atoms with van der Waals surface area (Å²) in [6.45, 7) is 1.08. The third-order valence-electron chi connectivity index (χ3n) is 5.71. The SMILES string of the molecule is CC1=CC2C(=O)c3cccc(OC4OC(CO)C(O)C(O)C4O)c3C(=O)C2C(O)=C1. The van der Waals surface area contributed by atoms with Crippen molar-refractivity contribution >= 4 is 11.6 Å². The highest BCUT2D eigenvalue weighted by molar-refractivity contribution is 6.19. The van der Waals surface area contributed by atoms with Gasteiger partial charge in [0.15, 0.2) is 11.6 Å². The lowest BCUT2D eigenvalue weighted by atomic mass is 9.70. The highest BCUT2D eigenvalue weighted by Gasteiger charge is 2.48. The first kappa shape index (κ1) is 20.7. The van der Waals surface area contributed by atoms with Gasteiger partial charge in [0.05, 0.1) is 24.0 Å². The molecule has 7 unspecified atom stereocenters. The largest absolute Gasteiger partial charge is 0.511 e. The van der Waals surface area contributed by atoms with Gasteiger partial charge in [0.25, 0.3) is 0 Å². The van der Waals surface area contributed by atoms with Crippen molar-refractivity contribution in [1.29, 1.82) is 0 Å². The van der Waals surface area contributed by atoms with Gasteiger partial charge in [-0.15, -0.1) is 0 Å². The minimum absolute atomic E-state index is 0.0615. The first-order valence-electron chi connectivity index (χ1n) is 9.52. The van der Waals surface area contributed by atoms with Crippen molar-refractivity contribution in [3.8, 4) is 5.75 Å². The molecule has 0 saturated carbocycles. The molecule has 4 rings (SSSR count). The van der Waals surface area contributed by atoms with Crippen LogP contribution >= 0.6 is 0 Å². The summed E-state index contributed by atoms with van der Waals surface area (Å²) in [6.07, 6.45) is -4.51. The maximum Gasteiger partial charge on any atom is 0.229 e. The highest BCUT2D eigenvalue weighted by Crippen LogP contribution is 2.41. The van der Waals surface area contributed by atoms with E-state index in [1.807, 2.05) is 0 Å². The Hall–Kier alpha value is -2.56. The van der Waals surface area contributed by atoms with Gasteiger partial charge in [0.2, 0.25) is 6.29 Å². The van der Waals surface area contributed by atoms with Crippen molar-refractivity contribution in [2.45, 2.75) is 37.6 Å². The number of fused-ring (bicyclic) bond motifs is 2. The topological polar surface area (TPSA) is 154 Å². The fourth-order valence-electron chi connectivity index (χ4n) is 4.17. The standard InChI is InChI=1S/C21H22O9/c1-8-5-10-14(11(23)6-8)18(26)15-9(16(10)24)3-2-4-12(15)29-21-20(28)19(27)17(25)13(7-22)30-21/h2-6,10,13-14,17,19-23,25,27-28H,7H2,1H3. The van der Waals surface area contributed by atoms with Crippen LogP contribution in [0.25, 0.3) is 0 Å². The van der Waals surface area contributed by atoms with E-state index < -0.39 is 54.9 Å². The third kappa shape index (κ3) is 3.15. The molecule has 1 aliphatic heterocycles. The van der Waals surface area contributed by atoms with E-state index in [0.717, 1.165) is 0 Å². The minimum Gasteiger partial charge on any atom is -0.511 e. The number of hydrogen-bond acceptors (Lipinski definition) is 9. The van der Waals surface area contributed by atoms with Gasteiger partial charge >= 0.3 is 0 Å². The normalized spacial score (nSPS) is 35.8. The molecule has 0 spiro atoms. The molecular weight excluding hydrogens is 396 g/mol. The fourth-order valence-corrected chi connectivity index (χ4v) is 4.17. The van der Waals surface area contributed by atoms with E-state index in [9.17, 15) is 35.1 Å². The van der Waals surface area contributed by atoms with Crippen LogP contribution in [0.5, 0.6) is 5.75 Å². The second-order valence-electron chi connectivity index (χ2n) is 7.71. The average Bonchev–Trinajstić information content (AvgIpc) is 2.71. The first-order valence-corrected chi connectivity index (χ1v) is 9.52. The van der Waals surface area contributed by atoms with E-state index in [-0.39, 0.29) is 28.4 Å². The lowest BCUT2D eigenvalue weighted by Gasteiger charge is -2.40. The summed E-state index contributed by atoms with van der Waals surface area (Å²) in [4.78, 5) is 26.2. The summed E-state index contributed by atoms with van der Waals surface area (Å²) >= 11 is 0. The summed E-state index contributed by atoms with van der Waals surface area (Å²) < 4.78 is 11.0. The molecule has 0 radical (unpaired) electrons. The Morgan fingerprint density at radius 3 is 2.50 bits per heavy atom. The molecule has 160 valence electrons. The molecule has 7 atom stereocenters. The number of carbonyl (C=O) groups excluding carboxylic acids is 2. The number of rotatable bonds is 3. The van der Waals surface area contributed by atoms with Crippen molar-refractivity contribution < 1.29 is 44.6 Å². The number of ether oxygens (including phenoxy) is 2. The van der Waals surface area contributed by atoms with Crippen LogP contribution in [0.3, 0.4) is 0 Å². The molecular formula is C21H22O9. The molecule has 3 aliphatic rings. The molecule has 1 aromatic rings. The molecule has 0 aromatic heterocycles. The molecule has 0 amide bonds. The van der Waals surface area contributed by atoms with Gasteiger partial charge in [0.1, 0.15) is 35.9 Å². The van der Waals surface area contributed by atoms with Crippen molar-refractivity contribution in [2.75, 3.05) is 6.61 Å². The third-order valence-corrected chi connectivity index (χ3v) is 5.71. The van der Waals surface area contributed by atoms with Crippen molar-refractivity contribution in [1.82, 2.24) is 0 Å².